The minimum Gasteiger partial charge on any atom is -0.396 e. The SMILES string of the molecule is Nc1c(Cl)cc(S(=O)(=O)NC(=O)Nc2ccc(Cl)cc2)cc1Cl. The number of nitrogen functional groups attached to an aromatic ring is 1. The summed E-state index contributed by atoms with van der Waals surface area (Å²) in [4.78, 5) is 11.5. The van der Waals surface area contributed by atoms with Crippen LogP contribution in [0.4, 0.5) is 16.2 Å². The predicted molar refractivity (Wildman–Crippen MR) is 91.7 cm³/mol. The normalized spacial score (nSPS) is 11.1. The maximum absolute atomic E-state index is 12.2. The number of urea groups is 1. The van der Waals surface area contributed by atoms with Crippen molar-refractivity contribution in [3.8, 4) is 0 Å². The molecule has 23 heavy (non-hydrogen) atoms. The molecule has 0 saturated carbocycles. The Labute approximate surface area is 147 Å². The van der Waals surface area contributed by atoms with Gasteiger partial charge in [0.25, 0.3) is 10.0 Å². The summed E-state index contributed by atoms with van der Waals surface area (Å²) in [6, 6.07) is 7.38. The molecule has 2 amide bonds. The molecule has 6 nitrogen and oxygen atoms in total. The van der Waals surface area contributed by atoms with Crippen LogP contribution in [0, 0.1) is 0 Å². The molecule has 0 atom stereocenters. The van der Waals surface area contributed by atoms with Gasteiger partial charge in [0.2, 0.25) is 0 Å². The molecule has 0 aliphatic heterocycles. The van der Waals surface area contributed by atoms with Crippen LogP contribution in [0.25, 0.3) is 0 Å². The fourth-order valence-electron chi connectivity index (χ4n) is 1.59. The Morgan fingerprint density at radius 1 is 1.00 bits per heavy atom. The van der Waals surface area contributed by atoms with Crippen LogP contribution in [0.5, 0.6) is 0 Å². The van der Waals surface area contributed by atoms with Crippen molar-refractivity contribution in [3.63, 3.8) is 0 Å². The Morgan fingerprint density at radius 3 is 2.04 bits per heavy atom. The summed E-state index contributed by atoms with van der Waals surface area (Å²) in [6.45, 7) is 0. The number of anilines is 2. The van der Waals surface area contributed by atoms with Crippen LogP contribution in [-0.4, -0.2) is 14.4 Å². The molecule has 4 N–H and O–H groups in total. The number of carbonyl (C=O) groups is 1. The molecule has 0 aliphatic carbocycles. The lowest BCUT2D eigenvalue weighted by Crippen LogP contribution is -2.34. The van der Waals surface area contributed by atoms with E-state index in [9.17, 15) is 13.2 Å². The monoisotopic (exact) mass is 393 g/mol. The lowest BCUT2D eigenvalue weighted by Gasteiger charge is -2.10. The first-order valence-corrected chi connectivity index (χ1v) is 8.64. The van der Waals surface area contributed by atoms with Crippen molar-refractivity contribution in [1.82, 2.24) is 4.72 Å². The molecular formula is C13H10Cl3N3O3S. The van der Waals surface area contributed by atoms with Crippen LogP contribution < -0.4 is 15.8 Å². The number of hydrogen-bond donors (Lipinski definition) is 3. The topological polar surface area (TPSA) is 101 Å². The van der Waals surface area contributed by atoms with Gasteiger partial charge in [-0.3, -0.25) is 0 Å². The molecule has 0 aliphatic rings. The second-order valence-electron chi connectivity index (χ2n) is 4.37. The highest BCUT2D eigenvalue weighted by Crippen LogP contribution is 2.30. The number of benzene rings is 2. The van der Waals surface area contributed by atoms with Gasteiger partial charge in [0.1, 0.15) is 0 Å². The zero-order valence-electron chi connectivity index (χ0n) is 11.3. The van der Waals surface area contributed by atoms with Crippen LogP contribution in [0.2, 0.25) is 15.1 Å². The lowest BCUT2D eigenvalue weighted by atomic mass is 10.3. The van der Waals surface area contributed by atoms with E-state index in [0.29, 0.717) is 10.7 Å². The number of sulfonamides is 1. The van der Waals surface area contributed by atoms with Crippen molar-refractivity contribution >= 4 is 62.2 Å². The molecule has 0 bridgehead atoms. The molecule has 0 spiro atoms. The Kier molecular flexibility index (Phi) is 5.26. The fourth-order valence-corrected chi connectivity index (χ4v) is 3.29. The maximum atomic E-state index is 12.2. The summed E-state index contributed by atoms with van der Waals surface area (Å²) in [5.74, 6) is 0. The Hall–Kier alpha value is -1.67. The largest absolute Gasteiger partial charge is 0.396 e. The second kappa shape index (κ2) is 6.84. The number of rotatable bonds is 3. The summed E-state index contributed by atoms with van der Waals surface area (Å²) in [5, 5.41) is 2.78. The van der Waals surface area contributed by atoms with E-state index in [-0.39, 0.29) is 20.6 Å². The van der Waals surface area contributed by atoms with E-state index in [4.69, 9.17) is 40.5 Å². The number of nitrogens with one attached hydrogen (secondary N) is 2. The van der Waals surface area contributed by atoms with Crippen molar-refractivity contribution in [3.05, 3.63) is 51.5 Å². The first-order valence-electron chi connectivity index (χ1n) is 6.03. The third-order valence-corrected chi connectivity index (χ3v) is 4.88. The summed E-state index contributed by atoms with van der Waals surface area (Å²) < 4.78 is 26.1. The molecule has 2 aromatic carbocycles. The molecule has 10 heteroatoms. The summed E-state index contributed by atoms with van der Waals surface area (Å²) >= 11 is 17.3. The predicted octanol–water partition coefficient (Wildman–Crippen LogP) is 3.74. The lowest BCUT2D eigenvalue weighted by molar-refractivity contribution is 0.256. The van der Waals surface area contributed by atoms with Gasteiger partial charge in [-0.25, -0.2) is 17.9 Å². The molecule has 0 unspecified atom stereocenters. The minimum atomic E-state index is -4.16. The van der Waals surface area contributed by atoms with Gasteiger partial charge in [-0.2, -0.15) is 0 Å². The highest BCUT2D eigenvalue weighted by atomic mass is 35.5. The van der Waals surface area contributed by atoms with Crippen LogP contribution in [0.15, 0.2) is 41.3 Å². The smallest absolute Gasteiger partial charge is 0.333 e. The first-order chi connectivity index (χ1) is 10.7. The highest BCUT2D eigenvalue weighted by molar-refractivity contribution is 7.90. The van der Waals surface area contributed by atoms with Gasteiger partial charge in [0.05, 0.1) is 20.6 Å². The molecule has 0 fully saturated rings. The van der Waals surface area contributed by atoms with Crippen LogP contribution in [0.1, 0.15) is 0 Å². The molecule has 2 rings (SSSR count). The number of nitrogens with two attached hydrogens (primary N) is 1. The summed E-state index contributed by atoms with van der Waals surface area (Å²) in [6.07, 6.45) is 0. The van der Waals surface area contributed by atoms with Crippen molar-refractivity contribution in [2.24, 2.45) is 0 Å². The molecule has 2 aromatic rings. The second-order valence-corrected chi connectivity index (χ2v) is 7.30. The van der Waals surface area contributed by atoms with Crippen LogP contribution in [0.3, 0.4) is 0 Å². The van der Waals surface area contributed by atoms with Gasteiger partial charge < -0.3 is 11.1 Å². The maximum Gasteiger partial charge on any atom is 0.333 e. The third kappa shape index (κ3) is 4.42. The van der Waals surface area contributed by atoms with Crippen LogP contribution >= 0.6 is 34.8 Å². The average molecular weight is 395 g/mol. The number of amides is 2. The van der Waals surface area contributed by atoms with E-state index in [2.05, 4.69) is 5.32 Å². The fraction of sp³-hybridized carbons (Fsp3) is 0. The molecule has 0 aromatic heterocycles. The average Bonchev–Trinajstić information content (AvgIpc) is 2.46. The molecule has 0 heterocycles. The number of carbonyl (C=O) groups excluding carboxylic acids is 1. The van der Waals surface area contributed by atoms with Crippen molar-refractivity contribution in [2.45, 2.75) is 4.90 Å². The van der Waals surface area contributed by atoms with Gasteiger partial charge >= 0.3 is 6.03 Å². The summed E-state index contributed by atoms with van der Waals surface area (Å²) in [5.41, 5.74) is 5.96. The van der Waals surface area contributed by atoms with Gasteiger partial charge in [-0.15, -0.1) is 0 Å². The first kappa shape index (κ1) is 17.7. The zero-order valence-corrected chi connectivity index (χ0v) is 14.4. The van der Waals surface area contributed by atoms with E-state index in [1.54, 1.807) is 12.1 Å². The van der Waals surface area contributed by atoms with Gasteiger partial charge in [-0.1, -0.05) is 34.8 Å². The Morgan fingerprint density at radius 2 is 1.52 bits per heavy atom. The van der Waals surface area contributed by atoms with Crippen molar-refractivity contribution < 1.29 is 13.2 Å². The van der Waals surface area contributed by atoms with Crippen molar-refractivity contribution in [1.29, 1.82) is 0 Å². The Balaban J connectivity index is 2.17. The minimum absolute atomic E-state index is 0.0315. The van der Waals surface area contributed by atoms with E-state index in [0.717, 1.165) is 12.1 Å². The van der Waals surface area contributed by atoms with Crippen LogP contribution in [-0.2, 0) is 10.0 Å². The molecule has 0 saturated heterocycles. The molecular weight excluding hydrogens is 385 g/mol. The quantitative estimate of drug-likeness (QED) is 0.690. The molecule has 122 valence electrons. The van der Waals surface area contributed by atoms with E-state index < -0.39 is 16.1 Å². The summed E-state index contributed by atoms with van der Waals surface area (Å²) in [7, 11) is -4.16. The Bertz CT molecular complexity index is 832. The van der Waals surface area contributed by atoms with Gasteiger partial charge in [0.15, 0.2) is 0 Å². The van der Waals surface area contributed by atoms with Gasteiger partial charge in [-0.05, 0) is 36.4 Å². The number of halogens is 3. The van der Waals surface area contributed by atoms with E-state index in [1.807, 2.05) is 4.72 Å². The van der Waals surface area contributed by atoms with E-state index >= 15 is 0 Å². The molecule has 0 radical (unpaired) electrons. The zero-order chi connectivity index (χ0) is 17.2. The standard InChI is InChI=1S/C13H10Cl3N3O3S/c14-7-1-3-8(4-2-7)18-13(20)19-23(21,22)9-5-10(15)12(17)11(16)6-9/h1-6H,17H2,(H2,18,19,20). The highest BCUT2D eigenvalue weighted by Gasteiger charge is 2.20. The van der Waals surface area contributed by atoms with E-state index in [1.165, 1.54) is 12.1 Å². The van der Waals surface area contributed by atoms with Crippen molar-refractivity contribution in [2.75, 3.05) is 11.1 Å². The van der Waals surface area contributed by atoms with Gasteiger partial charge in [0, 0.05) is 10.7 Å². The third-order valence-electron chi connectivity index (χ3n) is 2.69. The number of hydrogen-bond acceptors (Lipinski definition) is 4.